The molecule has 42 heavy (non-hydrogen) atoms. The average molecular weight is 638 g/mol. The number of hydrogen-bond acceptors (Lipinski definition) is 9. The fraction of sp³-hybridized carbons (Fsp3) is 0.467. The van der Waals surface area contributed by atoms with Gasteiger partial charge >= 0.3 is 71.1 Å². The van der Waals surface area contributed by atoms with Crippen molar-refractivity contribution in [2.45, 2.75) is 77.7 Å². The molecule has 0 rings (SSSR count). The summed E-state index contributed by atoms with van der Waals surface area (Å²) in [7, 11) is -5.31. The van der Waals surface area contributed by atoms with Crippen molar-refractivity contribution < 1.29 is 116 Å². The summed E-state index contributed by atoms with van der Waals surface area (Å²) < 4.78 is 24.9. The van der Waals surface area contributed by atoms with Crippen molar-refractivity contribution in [1.29, 1.82) is 0 Å². The smallest absolute Gasteiger partial charge is 0.790 e. The molecule has 9 nitrogen and oxygen atoms in total. The van der Waals surface area contributed by atoms with Gasteiger partial charge in [0.2, 0.25) is 0 Å². The van der Waals surface area contributed by atoms with E-state index in [0.29, 0.717) is 6.42 Å². The number of carbonyl (C=O) groups is 2. The first-order valence-electron chi connectivity index (χ1n) is 12.2. The van der Waals surface area contributed by atoms with Crippen LogP contribution in [0.4, 0.5) is 0 Å². The van der Waals surface area contributed by atoms with Crippen molar-refractivity contribution in [1.82, 2.24) is 6.15 Å². The van der Waals surface area contributed by atoms with Gasteiger partial charge in [0.25, 0.3) is 0 Å². The van der Waals surface area contributed by atoms with Crippen molar-refractivity contribution in [2.75, 3.05) is 13.2 Å². The van der Waals surface area contributed by atoms with E-state index in [1.54, 1.807) is 6.92 Å². The van der Waals surface area contributed by atoms with Gasteiger partial charge in [0.15, 0.2) is 6.10 Å². The van der Waals surface area contributed by atoms with Gasteiger partial charge in [0.05, 0.1) is 14.4 Å². The molecule has 0 aromatic heterocycles. The Bertz CT molecular complexity index is 1340. The third kappa shape index (κ3) is 36.0. The van der Waals surface area contributed by atoms with Gasteiger partial charge < -0.3 is 34.5 Å². The number of phosphoric ester groups is 1. The summed E-state index contributed by atoms with van der Waals surface area (Å²) in [5, 5.41) is 0. The summed E-state index contributed by atoms with van der Waals surface area (Å²) in [5.41, 5.74) is 0. The molecular formula is C30H58NNa2O8P. The molecule has 0 aromatic rings. The van der Waals surface area contributed by atoms with Crippen LogP contribution < -0.4 is 75.1 Å². The zero-order chi connectivity index (χ0) is 29.0. The minimum atomic E-state index is -5.31. The van der Waals surface area contributed by atoms with E-state index in [9.17, 15) is 23.9 Å². The summed E-state index contributed by atoms with van der Waals surface area (Å²) in [4.78, 5) is 45.4. The average Bonchev–Trinajstić information content (AvgIpc) is 2.89. The van der Waals surface area contributed by atoms with Gasteiger partial charge in [-0.25, -0.2) is 4.79 Å². The minimum Gasteiger partial charge on any atom is -0.790 e. The number of phosphoric acid groups is 1. The van der Waals surface area contributed by atoms with Crippen molar-refractivity contribution in [3.05, 3.63) is 0 Å². The molecule has 0 aliphatic rings. The van der Waals surface area contributed by atoms with E-state index in [2.05, 4.69) is 94.3 Å². The quantitative estimate of drug-likeness (QED) is 0.0608. The fourth-order valence-corrected chi connectivity index (χ4v) is 2.95. The van der Waals surface area contributed by atoms with Gasteiger partial charge in [0.1, 0.15) is 6.61 Å². The molecule has 12 heteroatoms. The van der Waals surface area contributed by atoms with Crippen LogP contribution in [0, 0.1) is 82.9 Å². The van der Waals surface area contributed by atoms with Crippen LogP contribution in [0.1, 0.15) is 90.2 Å². The fourth-order valence-electron chi connectivity index (χ4n) is 2.60. The molecule has 1 atom stereocenters. The number of ether oxygens (including phenoxy) is 2. The number of rotatable bonds is 15. The van der Waals surface area contributed by atoms with E-state index in [-0.39, 0.29) is 90.2 Å². The zero-order valence-electron chi connectivity index (χ0n) is 24.8. The Morgan fingerprint density at radius 3 is 1.67 bits per heavy atom. The molecule has 0 aromatic carbocycles. The van der Waals surface area contributed by atoms with Crippen LogP contribution in [0.15, 0.2) is 0 Å². The van der Waals surface area contributed by atoms with Gasteiger partial charge in [-0.15, -0.1) is 0 Å². The van der Waals surface area contributed by atoms with Gasteiger partial charge in [-0.1, -0.05) is 57.8 Å². The molecule has 0 radical (unpaired) electrons. The normalized spacial score (nSPS) is 8.86. The van der Waals surface area contributed by atoms with E-state index in [1.165, 1.54) is 19.3 Å². The van der Waals surface area contributed by atoms with E-state index < -0.39 is 39.1 Å². The largest absolute Gasteiger partial charge is 1.00 e. The third-order valence-corrected chi connectivity index (χ3v) is 4.79. The molecule has 0 aliphatic heterocycles. The summed E-state index contributed by atoms with van der Waals surface area (Å²) in [6.07, 6.45) is 7.09. The van der Waals surface area contributed by atoms with Crippen molar-refractivity contribution in [2.24, 2.45) is 0 Å². The first kappa shape index (κ1) is 46.9. The molecule has 0 saturated heterocycles. The Balaban J connectivity index is -0.0000000602. The predicted octanol–water partition coefficient (Wildman–Crippen LogP) is -0.771. The van der Waals surface area contributed by atoms with E-state index in [1.807, 2.05) is 0 Å². The second-order valence-corrected chi connectivity index (χ2v) is 8.71. The van der Waals surface area contributed by atoms with Crippen LogP contribution >= 0.6 is 7.82 Å². The molecule has 0 saturated carbocycles. The first-order valence-corrected chi connectivity index (χ1v) is 13.7. The molecular weight excluding hydrogens is 579 g/mol. The summed E-state index contributed by atoms with van der Waals surface area (Å²) >= 11 is 0. The second kappa shape index (κ2) is 33.4. The van der Waals surface area contributed by atoms with Gasteiger partial charge in [-0.2, -0.15) is 0 Å². The molecule has 0 heterocycles. The predicted molar refractivity (Wildman–Crippen MR) is 174 cm³/mol. The van der Waals surface area contributed by atoms with Crippen LogP contribution in [0.2, 0.25) is 0 Å². The molecule has 3 N–H and O–H groups in total. The summed E-state index contributed by atoms with van der Waals surface area (Å²) in [6, 6.07) is 0. The Morgan fingerprint density at radius 2 is 1.19 bits per heavy atom. The molecule has 238 valence electrons. The Labute approximate surface area is 313 Å². The van der Waals surface area contributed by atoms with Crippen LogP contribution in [-0.2, 0) is 28.2 Å². The van der Waals surface area contributed by atoms with Crippen LogP contribution in [0.3, 0.4) is 0 Å². The maximum absolute atomic E-state index is 12.1. The topological polar surface area (TPSA) is 160 Å². The maximum Gasteiger partial charge on any atom is 1.00 e. The molecule has 0 amide bonds. The molecule has 0 spiro atoms. The molecule has 0 aliphatic carbocycles. The Morgan fingerprint density at radius 1 is 0.738 bits per heavy atom. The van der Waals surface area contributed by atoms with Crippen molar-refractivity contribution >= 4 is 19.8 Å². The van der Waals surface area contributed by atoms with Crippen LogP contribution in [0.25, 0.3) is 0 Å². The number of esters is 2. The Hall–Kier alpha value is -2.07. The summed E-state index contributed by atoms with van der Waals surface area (Å²) in [6.45, 7) is 2.47. The van der Waals surface area contributed by atoms with Gasteiger partial charge in [0, 0.05) is 30.9 Å². The SMILES string of the molecule is CC#CC#CC#CC#CC#CC#CC#CC(=O)OC[C@H](COP(=O)([O-])[O-])OC(=O)CCCCCCCCCC.N.[HH].[HH].[HH].[HH].[HH].[HH].[HH].[HH].[HH].[HH].[HH].[HH].[HH].[Na+].[Na+]. The van der Waals surface area contributed by atoms with E-state index in [4.69, 9.17) is 9.47 Å². The van der Waals surface area contributed by atoms with E-state index >= 15 is 0 Å². The third-order valence-electron chi connectivity index (χ3n) is 4.33. The van der Waals surface area contributed by atoms with Crippen LogP contribution in [-0.4, -0.2) is 31.3 Å². The number of hydrogen-bond donors (Lipinski definition) is 1. The van der Waals surface area contributed by atoms with E-state index in [0.717, 1.165) is 25.7 Å². The van der Waals surface area contributed by atoms with Crippen molar-refractivity contribution in [3.63, 3.8) is 0 Å². The number of unbranched alkanes of at least 4 members (excludes halogenated alkanes) is 7. The second-order valence-electron chi connectivity index (χ2n) is 7.55. The molecule has 0 unspecified atom stereocenters. The summed E-state index contributed by atoms with van der Waals surface area (Å²) in [5.74, 6) is 32.0. The standard InChI is InChI=1S/C30H31O8P.H3N.2Na.13H2/c1-3-5-7-9-11-13-14-15-16-17-19-20-22-24-29(31)36-26-28(27-37-39(33,34)35)38-30(32)25-23-21-18-12-10-8-6-4-2;;;;;;;;;;;;;;;;/h28H,4,6,8,10,12,18,21,23,25-27H2,1-2H3,(H2,33,34,35);1H3;;;13*1H/q;;2*+1;;;;;;;;;;;;;/p-2/t28-;;;;;;;;;;;;;;;;/m1................/s1. The van der Waals surface area contributed by atoms with Crippen LogP contribution in [0.5, 0.6) is 0 Å². The number of carbonyl (C=O) groups excluding carboxylic acids is 2. The zero-order valence-corrected chi connectivity index (χ0v) is 29.7. The molecule has 0 fully saturated rings. The molecule has 0 bridgehead atoms. The monoisotopic (exact) mass is 637 g/mol. The maximum atomic E-state index is 12.1. The minimum absolute atomic E-state index is 0. The van der Waals surface area contributed by atoms with Gasteiger partial charge in [-0.3, -0.25) is 4.79 Å². The Kier molecular flexibility index (Phi) is 37.3. The first-order chi connectivity index (χ1) is 18.8. The van der Waals surface area contributed by atoms with Gasteiger partial charge in [-0.05, 0) is 84.4 Å². The van der Waals surface area contributed by atoms with Crippen molar-refractivity contribution in [3.8, 4) is 82.9 Å².